The van der Waals surface area contributed by atoms with E-state index in [-0.39, 0.29) is 5.91 Å². The lowest BCUT2D eigenvalue weighted by Gasteiger charge is -2.15. The first kappa shape index (κ1) is 15.0. The Labute approximate surface area is 115 Å². The average molecular weight is 316 g/mol. The van der Waals surface area contributed by atoms with Crippen LogP contribution in [0.2, 0.25) is 0 Å². The Bertz CT molecular complexity index is 378. The predicted molar refractivity (Wildman–Crippen MR) is 73.5 cm³/mol. The van der Waals surface area contributed by atoms with Gasteiger partial charge in [-0.25, -0.2) is 0 Å². The van der Waals surface area contributed by atoms with Crippen molar-refractivity contribution in [2.75, 3.05) is 6.54 Å². The summed E-state index contributed by atoms with van der Waals surface area (Å²) in [5.74, 6) is 0.468. The van der Waals surface area contributed by atoms with Gasteiger partial charge >= 0.3 is 0 Å². The summed E-state index contributed by atoms with van der Waals surface area (Å²) in [7, 11) is 0. The molecule has 18 heavy (non-hydrogen) atoms. The molecule has 0 spiro atoms. The Hall–Kier alpha value is -1.07. The van der Waals surface area contributed by atoms with E-state index in [1.165, 1.54) is 0 Å². The fourth-order valence-corrected chi connectivity index (χ4v) is 1.58. The number of halogens is 1. The highest BCUT2D eigenvalue weighted by atomic mass is 79.9. The summed E-state index contributed by atoms with van der Waals surface area (Å²) in [6, 6.07) is 7.30. The van der Waals surface area contributed by atoms with Gasteiger partial charge in [0.15, 0.2) is 6.10 Å². The highest BCUT2D eigenvalue weighted by Crippen LogP contribution is 2.17. The topological polar surface area (TPSA) is 58.6 Å². The van der Waals surface area contributed by atoms with Gasteiger partial charge in [-0.1, -0.05) is 15.9 Å². The maximum atomic E-state index is 11.7. The van der Waals surface area contributed by atoms with Gasteiger partial charge in [-0.05, 0) is 44.5 Å². The predicted octanol–water partition coefficient (Wildman–Crippen LogP) is 2.10. The molecule has 0 aliphatic heterocycles. The smallest absolute Gasteiger partial charge is 0.260 e. The van der Waals surface area contributed by atoms with Crippen LogP contribution in [0.25, 0.3) is 0 Å². The van der Waals surface area contributed by atoms with Crippen molar-refractivity contribution in [2.45, 2.75) is 32.5 Å². The van der Waals surface area contributed by atoms with Crippen LogP contribution in [0.15, 0.2) is 28.7 Å². The van der Waals surface area contributed by atoms with Gasteiger partial charge in [-0.2, -0.15) is 0 Å². The van der Waals surface area contributed by atoms with Gasteiger partial charge in [-0.3, -0.25) is 4.79 Å². The Morgan fingerprint density at radius 2 is 2.00 bits per heavy atom. The lowest BCUT2D eigenvalue weighted by molar-refractivity contribution is -0.127. The molecule has 0 saturated heterocycles. The van der Waals surface area contributed by atoms with Crippen molar-refractivity contribution >= 4 is 21.8 Å². The van der Waals surface area contributed by atoms with Crippen molar-refractivity contribution in [3.05, 3.63) is 28.7 Å². The van der Waals surface area contributed by atoms with Gasteiger partial charge < -0.3 is 15.2 Å². The second kappa shape index (κ2) is 7.38. The quantitative estimate of drug-likeness (QED) is 0.845. The monoisotopic (exact) mass is 315 g/mol. The summed E-state index contributed by atoms with van der Waals surface area (Å²) < 4.78 is 6.46. The molecule has 4 nitrogen and oxygen atoms in total. The minimum Gasteiger partial charge on any atom is -0.481 e. The molecule has 1 rings (SSSR count). The third-order valence-corrected chi connectivity index (χ3v) is 2.89. The molecule has 0 aliphatic rings. The second-order valence-corrected chi connectivity index (χ2v) is 5.06. The largest absolute Gasteiger partial charge is 0.481 e. The van der Waals surface area contributed by atoms with E-state index in [1.54, 1.807) is 26.0 Å². The SMILES string of the molecule is CC(O)CCNC(=O)C(C)Oc1ccc(Br)cc1. The highest BCUT2D eigenvalue weighted by molar-refractivity contribution is 9.10. The van der Waals surface area contributed by atoms with Gasteiger partial charge in [0.25, 0.3) is 5.91 Å². The van der Waals surface area contributed by atoms with Crippen LogP contribution in [0, 0.1) is 0 Å². The Morgan fingerprint density at radius 3 is 2.56 bits per heavy atom. The molecular weight excluding hydrogens is 298 g/mol. The molecule has 0 aromatic heterocycles. The molecule has 0 radical (unpaired) electrons. The van der Waals surface area contributed by atoms with E-state index in [2.05, 4.69) is 21.2 Å². The van der Waals surface area contributed by atoms with Gasteiger partial charge in [-0.15, -0.1) is 0 Å². The summed E-state index contributed by atoms with van der Waals surface area (Å²) in [6.07, 6.45) is -0.426. The lowest BCUT2D eigenvalue weighted by atomic mass is 10.3. The van der Waals surface area contributed by atoms with E-state index in [9.17, 15) is 4.79 Å². The van der Waals surface area contributed by atoms with Crippen LogP contribution >= 0.6 is 15.9 Å². The fourth-order valence-electron chi connectivity index (χ4n) is 1.32. The number of amides is 1. The number of carbonyl (C=O) groups excluding carboxylic acids is 1. The Kier molecular flexibility index (Phi) is 6.15. The minimum atomic E-state index is -0.555. The minimum absolute atomic E-state index is 0.182. The molecule has 2 N–H and O–H groups in total. The van der Waals surface area contributed by atoms with Crippen molar-refractivity contribution < 1.29 is 14.6 Å². The Balaban J connectivity index is 2.37. The van der Waals surface area contributed by atoms with E-state index < -0.39 is 12.2 Å². The molecule has 0 heterocycles. The lowest BCUT2D eigenvalue weighted by Crippen LogP contribution is -2.37. The number of ether oxygens (including phenoxy) is 1. The molecular formula is C13H18BrNO3. The number of rotatable bonds is 6. The zero-order valence-electron chi connectivity index (χ0n) is 10.5. The second-order valence-electron chi connectivity index (χ2n) is 4.14. The first-order valence-electron chi connectivity index (χ1n) is 5.87. The summed E-state index contributed by atoms with van der Waals surface area (Å²) in [5.41, 5.74) is 0. The van der Waals surface area contributed by atoms with Crippen LogP contribution < -0.4 is 10.1 Å². The van der Waals surface area contributed by atoms with E-state index in [0.717, 1.165) is 4.47 Å². The van der Waals surface area contributed by atoms with Crippen LogP contribution in [0.5, 0.6) is 5.75 Å². The molecule has 2 atom stereocenters. The number of aliphatic hydroxyl groups is 1. The molecule has 100 valence electrons. The highest BCUT2D eigenvalue weighted by Gasteiger charge is 2.14. The average Bonchev–Trinajstić information content (AvgIpc) is 2.31. The number of hydrogen-bond donors (Lipinski definition) is 2. The molecule has 1 aromatic rings. The standard InChI is InChI=1S/C13H18BrNO3/c1-9(16)7-8-15-13(17)10(2)18-12-5-3-11(14)4-6-12/h3-6,9-10,16H,7-8H2,1-2H3,(H,15,17). The van der Waals surface area contributed by atoms with Crippen LogP contribution in [-0.4, -0.2) is 29.8 Å². The number of nitrogens with one attached hydrogen (secondary N) is 1. The zero-order valence-corrected chi connectivity index (χ0v) is 12.1. The summed E-state index contributed by atoms with van der Waals surface area (Å²) in [6.45, 7) is 3.83. The maximum absolute atomic E-state index is 11.7. The van der Waals surface area contributed by atoms with Crippen molar-refractivity contribution in [3.63, 3.8) is 0 Å². The summed E-state index contributed by atoms with van der Waals surface area (Å²) >= 11 is 3.33. The van der Waals surface area contributed by atoms with Crippen LogP contribution in [0.1, 0.15) is 20.3 Å². The molecule has 5 heteroatoms. The molecule has 0 bridgehead atoms. The maximum Gasteiger partial charge on any atom is 0.260 e. The first-order valence-corrected chi connectivity index (χ1v) is 6.66. The van der Waals surface area contributed by atoms with Gasteiger partial charge in [0.05, 0.1) is 6.10 Å². The number of hydrogen-bond acceptors (Lipinski definition) is 3. The number of aliphatic hydroxyl groups excluding tert-OH is 1. The third kappa shape index (κ3) is 5.51. The van der Waals surface area contributed by atoms with Crippen LogP contribution in [0.3, 0.4) is 0 Å². The van der Waals surface area contributed by atoms with Crippen molar-refractivity contribution in [3.8, 4) is 5.75 Å². The first-order chi connectivity index (χ1) is 8.49. The van der Waals surface area contributed by atoms with Gasteiger partial charge in [0.2, 0.25) is 0 Å². The Morgan fingerprint density at radius 1 is 1.39 bits per heavy atom. The molecule has 0 saturated carbocycles. The van der Waals surface area contributed by atoms with E-state index in [4.69, 9.17) is 9.84 Å². The molecule has 0 aliphatic carbocycles. The van der Waals surface area contributed by atoms with Crippen molar-refractivity contribution in [2.24, 2.45) is 0 Å². The van der Waals surface area contributed by atoms with Crippen LogP contribution in [-0.2, 0) is 4.79 Å². The third-order valence-electron chi connectivity index (χ3n) is 2.36. The van der Waals surface area contributed by atoms with Gasteiger partial charge in [0.1, 0.15) is 5.75 Å². The summed E-state index contributed by atoms with van der Waals surface area (Å²) in [5, 5.41) is 11.8. The molecule has 1 aromatic carbocycles. The molecule has 1 amide bonds. The van der Waals surface area contributed by atoms with Crippen molar-refractivity contribution in [1.82, 2.24) is 5.32 Å². The number of benzene rings is 1. The molecule has 2 unspecified atom stereocenters. The number of carbonyl (C=O) groups is 1. The fraction of sp³-hybridized carbons (Fsp3) is 0.462. The zero-order chi connectivity index (χ0) is 13.5. The van der Waals surface area contributed by atoms with Gasteiger partial charge in [0, 0.05) is 11.0 Å². The normalized spacial score (nSPS) is 13.8. The summed E-state index contributed by atoms with van der Waals surface area (Å²) in [4.78, 5) is 11.7. The van der Waals surface area contributed by atoms with Crippen molar-refractivity contribution in [1.29, 1.82) is 0 Å². The van der Waals surface area contributed by atoms with Crippen LogP contribution in [0.4, 0.5) is 0 Å². The van der Waals surface area contributed by atoms with E-state index in [0.29, 0.717) is 18.7 Å². The molecule has 0 fully saturated rings. The van der Waals surface area contributed by atoms with E-state index >= 15 is 0 Å². The van der Waals surface area contributed by atoms with E-state index in [1.807, 2.05) is 12.1 Å².